The number of carbonyl (C=O) groups excluding carboxylic acids is 1. The number of aromatic amines is 1. The van der Waals surface area contributed by atoms with Crippen LogP contribution < -0.4 is 15.8 Å². The van der Waals surface area contributed by atoms with Crippen LogP contribution in [0, 0.1) is 11.6 Å². The number of anilines is 1. The van der Waals surface area contributed by atoms with Crippen LogP contribution in [0.4, 0.5) is 19.3 Å². The molecule has 2 aromatic heterocycles. The van der Waals surface area contributed by atoms with Gasteiger partial charge in [0.05, 0.1) is 35.4 Å². The summed E-state index contributed by atoms with van der Waals surface area (Å²) in [6.07, 6.45) is 1.36. The zero-order valence-electron chi connectivity index (χ0n) is 18.1. The SMILES string of the molecule is Cn1ncnc1[C@H]1c2n[nH]c(=O)c3cc(F)cc(c23)N(CNC(=O)N=[N+]=[N-])[C@@H]1c1ccc(F)cc1. The summed E-state index contributed by atoms with van der Waals surface area (Å²) < 4.78 is 30.0. The molecule has 0 aliphatic carbocycles. The highest BCUT2D eigenvalue weighted by molar-refractivity contribution is 5.98. The maximum absolute atomic E-state index is 14.7. The molecule has 0 radical (unpaired) electrons. The second-order valence-electron chi connectivity index (χ2n) is 7.80. The Labute approximate surface area is 194 Å². The lowest BCUT2D eigenvalue weighted by Gasteiger charge is -2.42. The van der Waals surface area contributed by atoms with E-state index in [-0.39, 0.29) is 17.7 Å². The molecule has 0 spiro atoms. The number of nitrogens with zero attached hydrogens (tertiary/aromatic N) is 8. The van der Waals surface area contributed by atoms with Gasteiger partial charge in [0.25, 0.3) is 5.56 Å². The third-order valence-corrected chi connectivity index (χ3v) is 5.89. The number of urea groups is 1. The van der Waals surface area contributed by atoms with Gasteiger partial charge < -0.3 is 10.2 Å². The first-order chi connectivity index (χ1) is 16.9. The lowest BCUT2D eigenvalue weighted by atomic mass is 9.82. The van der Waals surface area contributed by atoms with Crippen LogP contribution in [0.5, 0.6) is 0 Å². The number of H-pyrrole nitrogens is 1. The Hall–Kier alpha value is -4.84. The molecule has 1 aliphatic rings. The molecule has 0 fully saturated rings. The zero-order chi connectivity index (χ0) is 24.7. The molecule has 5 rings (SSSR count). The van der Waals surface area contributed by atoms with Gasteiger partial charge in [0.1, 0.15) is 23.8 Å². The standard InChI is InChI=1S/C21H16F2N10O2/c1-32-19(25-8-27-32)16-17-15-13(20(34)29-28-17)6-12(23)7-14(15)33(9-26-21(35)30-31-24)18(16)10-2-4-11(22)5-3-10/h2-8,16,18H,9H2,1H3,(H,26,35)(H,29,34)/t16-,18+/m0/s1. The molecule has 0 saturated carbocycles. The summed E-state index contributed by atoms with van der Waals surface area (Å²) in [6.45, 7) is -0.237. The van der Waals surface area contributed by atoms with Gasteiger partial charge in [-0.1, -0.05) is 12.1 Å². The molecule has 2 aromatic carbocycles. The van der Waals surface area contributed by atoms with Crippen LogP contribution in [0.3, 0.4) is 0 Å². The lowest BCUT2D eigenvalue weighted by molar-refractivity contribution is 0.248. The van der Waals surface area contributed by atoms with Crippen molar-refractivity contribution in [2.24, 2.45) is 12.2 Å². The van der Waals surface area contributed by atoms with Gasteiger partial charge in [0.15, 0.2) is 0 Å². The Bertz CT molecular complexity index is 1560. The van der Waals surface area contributed by atoms with Crippen LogP contribution >= 0.6 is 0 Å². The number of hydrogen-bond donors (Lipinski definition) is 2. The summed E-state index contributed by atoms with van der Waals surface area (Å²) >= 11 is 0. The Morgan fingerprint density at radius 3 is 2.71 bits per heavy atom. The molecule has 2 N–H and O–H groups in total. The van der Waals surface area contributed by atoms with Crippen LogP contribution in [0.2, 0.25) is 0 Å². The Morgan fingerprint density at radius 2 is 2.03 bits per heavy atom. The molecule has 4 aromatic rings. The van der Waals surface area contributed by atoms with Crippen molar-refractivity contribution in [2.75, 3.05) is 11.6 Å². The van der Waals surface area contributed by atoms with E-state index in [0.29, 0.717) is 22.5 Å². The Morgan fingerprint density at radius 1 is 1.26 bits per heavy atom. The van der Waals surface area contributed by atoms with Gasteiger partial charge in [-0.3, -0.25) is 14.3 Å². The number of azide groups is 1. The third-order valence-electron chi connectivity index (χ3n) is 5.89. The molecule has 176 valence electrons. The quantitative estimate of drug-likeness (QED) is 0.261. The molecule has 14 heteroatoms. The Kier molecular flexibility index (Phi) is 5.34. The van der Waals surface area contributed by atoms with E-state index in [4.69, 9.17) is 5.53 Å². The number of aromatic nitrogens is 5. The van der Waals surface area contributed by atoms with Crippen molar-refractivity contribution >= 4 is 22.5 Å². The number of benzene rings is 2. The lowest BCUT2D eigenvalue weighted by Crippen LogP contribution is -2.44. The van der Waals surface area contributed by atoms with E-state index in [1.54, 1.807) is 24.1 Å². The van der Waals surface area contributed by atoms with Crippen LogP contribution in [0.15, 0.2) is 52.6 Å². The number of carbonyl (C=O) groups is 1. The predicted octanol–water partition coefficient (Wildman–Crippen LogP) is 3.00. The van der Waals surface area contributed by atoms with Gasteiger partial charge in [-0.25, -0.2) is 18.9 Å². The highest BCUT2D eigenvalue weighted by Crippen LogP contribution is 2.49. The molecule has 2 amide bonds. The van der Waals surface area contributed by atoms with Crippen molar-refractivity contribution < 1.29 is 13.6 Å². The minimum Gasteiger partial charge on any atom is -0.345 e. The van der Waals surface area contributed by atoms with Crippen molar-refractivity contribution in [1.29, 1.82) is 0 Å². The molecule has 1 aliphatic heterocycles. The number of rotatable bonds is 4. The van der Waals surface area contributed by atoms with E-state index >= 15 is 0 Å². The van der Waals surface area contributed by atoms with Gasteiger partial charge in [-0.15, -0.1) is 0 Å². The maximum Gasteiger partial charge on any atom is 0.309 e. The molecule has 0 saturated heterocycles. The fourth-order valence-electron chi connectivity index (χ4n) is 4.49. The average molecular weight is 478 g/mol. The van der Waals surface area contributed by atoms with E-state index < -0.39 is 35.2 Å². The largest absolute Gasteiger partial charge is 0.345 e. The van der Waals surface area contributed by atoms with Crippen LogP contribution in [0.1, 0.15) is 29.0 Å². The number of halogens is 2. The van der Waals surface area contributed by atoms with Gasteiger partial charge in [0, 0.05) is 22.5 Å². The van der Waals surface area contributed by atoms with E-state index in [9.17, 15) is 18.4 Å². The van der Waals surface area contributed by atoms with Crippen molar-refractivity contribution in [1.82, 2.24) is 30.3 Å². The summed E-state index contributed by atoms with van der Waals surface area (Å²) in [6, 6.07) is 6.32. The number of amides is 2. The van der Waals surface area contributed by atoms with Crippen molar-refractivity contribution in [3.63, 3.8) is 0 Å². The smallest absolute Gasteiger partial charge is 0.309 e. The normalized spacial score (nSPS) is 16.7. The number of aryl methyl sites for hydroxylation is 1. The van der Waals surface area contributed by atoms with Gasteiger partial charge in [-0.2, -0.15) is 10.2 Å². The minimum atomic E-state index is -0.956. The third kappa shape index (κ3) is 3.71. The zero-order valence-corrected chi connectivity index (χ0v) is 18.1. The fraction of sp³-hybridized carbons (Fsp3) is 0.190. The second kappa shape index (κ2) is 8.50. The van der Waals surface area contributed by atoms with Crippen LogP contribution in [0.25, 0.3) is 21.2 Å². The Balaban J connectivity index is 1.82. The van der Waals surface area contributed by atoms with Gasteiger partial charge in [-0.05, 0) is 35.4 Å². The van der Waals surface area contributed by atoms with E-state index in [1.165, 1.54) is 29.2 Å². The summed E-state index contributed by atoms with van der Waals surface area (Å²) in [4.78, 5) is 33.0. The summed E-state index contributed by atoms with van der Waals surface area (Å²) in [7, 11) is 1.68. The molecular formula is C21H16F2N10O2. The molecular weight excluding hydrogens is 462 g/mol. The summed E-state index contributed by atoms with van der Waals surface area (Å²) in [5.74, 6) is -1.36. The second-order valence-corrected chi connectivity index (χ2v) is 7.80. The molecule has 35 heavy (non-hydrogen) atoms. The predicted molar refractivity (Wildman–Crippen MR) is 119 cm³/mol. The van der Waals surface area contributed by atoms with Crippen LogP contribution in [-0.4, -0.2) is 37.7 Å². The molecule has 2 atom stereocenters. The highest BCUT2D eigenvalue weighted by Gasteiger charge is 2.42. The average Bonchev–Trinajstić information content (AvgIpc) is 3.26. The van der Waals surface area contributed by atoms with E-state index in [0.717, 1.165) is 6.07 Å². The summed E-state index contributed by atoms with van der Waals surface area (Å²) in [5, 5.41) is 16.8. The van der Waals surface area contributed by atoms with Crippen molar-refractivity contribution in [3.05, 3.63) is 92.2 Å². The van der Waals surface area contributed by atoms with Gasteiger partial charge >= 0.3 is 6.03 Å². The molecule has 0 bridgehead atoms. The first-order valence-electron chi connectivity index (χ1n) is 10.3. The number of hydrogen-bond acceptors (Lipinski definition) is 6. The van der Waals surface area contributed by atoms with Crippen molar-refractivity contribution in [3.8, 4) is 0 Å². The highest BCUT2D eigenvalue weighted by atomic mass is 19.1. The first-order valence-corrected chi connectivity index (χ1v) is 10.3. The molecule has 0 unspecified atom stereocenters. The maximum atomic E-state index is 14.7. The first kappa shape index (κ1) is 22.0. The van der Waals surface area contributed by atoms with Crippen LogP contribution in [-0.2, 0) is 7.05 Å². The van der Waals surface area contributed by atoms with Crippen molar-refractivity contribution in [2.45, 2.75) is 12.0 Å². The molecule has 3 heterocycles. The minimum absolute atomic E-state index is 0.0566. The van der Waals surface area contributed by atoms with E-state index in [1.807, 2.05) is 0 Å². The summed E-state index contributed by atoms with van der Waals surface area (Å²) in [5.41, 5.74) is 9.24. The molecule has 12 nitrogen and oxygen atoms in total. The van der Waals surface area contributed by atoms with Gasteiger partial charge in [0.2, 0.25) is 0 Å². The topological polar surface area (TPSA) is 158 Å². The fourth-order valence-corrected chi connectivity index (χ4v) is 4.49. The monoisotopic (exact) mass is 478 g/mol. The number of nitrogens with one attached hydrogen (secondary N) is 2. The van der Waals surface area contributed by atoms with E-state index in [2.05, 4.69) is 35.6 Å².